The van der Waals surface area contributed by atoms with Crippen LogP contribution in [0, 0.1) is 5.41 Å². The van der Waals surface area contributed by atoms with Crippen molar-refractivity contribution in [3.8, 4) is 0 Å². The van der Waals surface area contributed by atoms with Crippen molar-refractivity contribution in [2.24, 2.45) is 11.1 Å². The lowest BCUT2D eigenvalue weighted by Gasteiger charge is -2.34. The van der Waals surface area contributed by atoms with E-state index in [9.17, 15) is 14.7 Å². The zero-order valence-electron chi connectivity index (χ0n) is 19.4. The molecule has 2 fully saturated rings. The number of carbonyl (C=O) groups is 2. The molecule has 184 valence electrons. The van der Waals surface area contributed by atoms with Gasteiger partial charge in [-0.05, 0) is 31.0 Å². The van der Waals surface area contributed by atoms with Gasteiger partial charge >= 0.3 is 5.97 Å². The fourth-order valence-electron chi connectivity index (χ4n) is 5.26. The Morgan fingerprint density at radius 2 is 1.91 bits per heavy atom. The lowest BCUT2D eigenvalue weighted by molar-refractivity contribution is -0.152. The monoisotopic (exact) mass is 479 g/mol. The minimum absolute atomic E-state index is 0.0736. The van der Waals surface area contributed by atoms with Gasteiger partial charge in [-0.2, -0.15) is 4.98 Å². The summed E-state index contributed by atoms with van der Waals surface area (Å²) in [4.78, 5) is 40.1. The molecule has 11 nitrogen and oxygen atoms in total. The number of rotatable bonds is 8. The number of nitrogens with one attached hydrogen (secondary N) is 1. The first-order valence-corrected chi connectivity index (χ1v) is 11.9. The van der Waals surface area contributed by atoms with E-state index in [0.29, 0.717) is 37.7 Å². The number of amides is 1. The standard InChI is InChI=1S/C24H29N7O4/c25-19(32)13-18(24(22(33)34)6-1-2-7-24)31-8-5-16-14-27-23(29-21(16)31)28-17-3-4-20(26-15-17)30-9-11-35-12-10-30/h3-5,8,14-15,18H,1-2,6-7,9-13H2,(H2,25,32)(H,33,34)(H,27,28,29). The van der Waals surface area contributed by atoms with Gasteiger partial charge in [0.1, 0.15) is 11.5 Å². The second kappa shape index (κ2) is 9.49. The molecule has 1 aliphatic heterocycles. The number of hydrogen-bond acceptors (Lipinski definition) is 8. The van der Waals surface area contributed by atoms with Crippen molar-refractivity contribution >= 4 is 40.4 Å². The van der Waals surface area contributed by atoms with Gasteiger partial charge in [0, 0.05) is 37.3 Å². The summed E-state index contributed by atoms with van der Waals surface area (Å²) in [7, 11) is 0. The van der Waals surface area contributed by atoms with Crippen LogP contribution in [0.15, 0.2) is 36.8 Å². The summed E-state index contributed by atoms with van der Waals surface area (Å²) in [5.41, 5.74) is 5.79. The summed E-state index contributed by atoms with van der Waals surface area (Å²) in [5.74, 6) is -0.203. The number of pyridine rings is 1. The third-order valence-corrected chi connectivity index (χ3v) is 7.08. The Morgan fingerprint density at radius 3 is 2.57 bits per heavy atom. The Labute approximate surface area is 202 Å². The Balaban J connectivity index is 1.44. The van der Waals surface area contributed by atoms with Crippen molar-refractivity contribution < 1.29 is 19.4 Å². The fraction of sp³-hybridized carbons (Fsp3) is 0.458. The average molecular weight is 480 g/mol. The lowest BCUT2D eigenvalue weighted by atomic mass is 9.76. The van der Waals surface area contributed by atoms with Crippen molar-refractivity contribution in [3.05, 3.63) is 36.8 Å². The van der Waals surface area contributed by atoms with E-state index in [2.05, 4.69) is 25.2 Å². The number of fused-ring (bicyclic) bond motifs is 1. The highest BCUT2D eigenvalue weighted by molar-refractivity contribution is 5.82. The second-order valence-corrected chi connectivity index (χ2v) is 9.18. The molecular formula is C24H29N7O4. The van der Waals surface area contributed by atoms with Crippen LogP contribution in [-0.2, 0) is 14.3 Å². The molecule has 4 heterocycles. The molecular weight excluding hydrogens is 450 g/mol. The number of carboxylic acids is 1. The van der Waals surface area contributed by atoms with Crippen LogP contribution < -0.4 is 16.0 Å². The van der Waals surface area contributed by atoms with Crippen LogP contribution in [0.2, 0.25) is 0 Å². The molecule has 3 aromatic heterocycles. The molecule has 35 heavy (non-hydrogen) atoms. The van der Waals surface area contributed by atoms with Gasteiger partial charge < -0.3 is 30.4 Å². The molecule has 1 amide bonds. The summed E-state index contributed by atoms with van der Waals surface area (Å²) in [6.07, 6.45) is 7.71. The van der Waals surface area contributed by atoms with Gasteiger partial charge in [0.05, 0.1) is 36.6 Å². The van der Waals surface area contributed by atoms with E-state index in [0.717, 1.165) is 42.8 Å². The second-order valence-electron chi connectivity index (χ2n) is 9.18. The van der Waals surface area contributed by atoms with Crippen molar-refractivity contribution in [1.29, 1.82) is 0 Å². The molecule has 2 aliphatic rings. The highest BCUT2D eigenvalue weighted by atomic mass is 16.5. The number of primary amides is 1. The summed E-state index contributed by atoms with van der Waals surface area (Å²) in [6.45, 7) is 2.99. The van der Waals surface area contributed by atoms with E-state index in [4.69, 9.17) is 10.5 Å². The molecule has 0 bridgehead atoms. The van der Waals surface area contributed by atoms with E-state index in [1.165, 1.54) is 0 Å². The molecule has 0 radical (unpaired) electrons. The summed E-state index contributed by atoms with van der Waals surface area (Å²) >= 11 is 0. The first kappa shape index (κ1) is 23.0. The summed E-state index contributed by atoms with van der Waals surface area (Å²) in [5, 5.41) is 14.1. The third kappa shape index (κ3) is 4.51. The van der Waals surface area contributed by atoms with E-state index in [-0.39, 0.29) is 6.42 Å². The van der Waals surface area contributed by atoms with E-state index in [1.54, 1.807) is 23.2 Å². The van der Waals surface area contributed by atoms with Crippen molar-refractivity contribution in [2.75, 3.05) is 36.5 Å². The molecule has 4 N–H and O–H groups in total. The quantitative estimate of drug-likeness (QED) is 0.443. The summed E-state index contributed by atoms with van der Waals surface area (Å²) < 4.78 is 7.18. The smallest absolute Gasteiger partial charge is 0.311 e. The number of morpholine rings is 1. The SMILES string of the molecule is NC(=O)CC(n1ccc2cnc(Nc3ccc(N4CCOCC4)nc3)nc21)C1(C(=O)O)CCCC1. The number of nitrogens with two attached hydrogens (primary N) is 1. The zero-order valence-corrected chi connectivity index (χ0v) is 19.4. The van der Waals surface area contributed by atoms with E-state index >= 15 is 0 Å². The molecule has 11 heteroatoms. The maximum Gasteiger partial charge on any atom is 0.311 e. The summed E-state index contributed by atoms with van der Waals surface area (Å²) in [6, 6.07) is 5.05. The maximum absolute atomic E-state index is 12.4. The maximum atomic E-state index is 12.4. The van der Waals surface area contributed by atoms with Crippen molar-refractivity contribution in [2.45, 2.75) is 38.1 Å². The number of aliphatic carboxylic acids is 1. The highest BCUT2D eigenvalue weighted by Gasteiger charge is 2.49. The minimum atomic E-state index is -1.06. The Hall–Kier alpha value is -3.73. The normalized spacial score (nSPS) is 18.5. The number of carbonyl (C=O) groups excluding carboxylic acids is 1. The van der Waals surface area contributed by atoms with Gasteiger partial charge in [0.15, 0.2) is 0 Å². The van der Waals surface area contributed by atoms with Gasteiger partial charge in [-0.3, -0.25) is 9.59 Å². The van der Waals surface area contributed by atoms with Crippen LogP contribution in [0.25, 0.3) is 11.0 Å². The highest BCUT2D eigenvalue weighted by Crippen LogP contribution is 2.49. The van der Waals surface area contributed by atoms with Crippen LogP contribution in [0.1, 0.15) is 38.1 Å². The van der Waals surface area contributed by atoms with E-state index < -0.39 is 23.3 Å². The number of ether oxygens (including phenoxy) is 1. The first-order chi connectivity index (χ1) is 17.0. The molecule has 1 saturated heterocycles. The Morgan fingerprint density at radius 1 is 1.14 bits per heavy atom. The van der Waals surface area contributed by atoms with Crippen LogP contribution in [0.5, 0.6) is 0 Å². The Kier molecular flexibility index (Phi) is 6.25. The molecule has 1 aliphatic carbocycles. The van der Waals surface area contributed by atoms with Crippen LogP contribution in [0.3, 0.4) is 0 Å². The largest absolute Gasteiger partial charge is 0.481 e. The van der Waals surface area contributed by atoms with Gasteiger partial charge in [-0.1, -0.05) is 12.8 Å². The fourth-order valence-corrected chi connectivity index (χ4v) is 5.26. The molecule has 3 aromatic rings. The molecule has 1 saturated carbocycles. The average Bonchev–Trinajstić information content (AvgIpc) is 3.52. The Bertz CT molecular complexity index is 1210. The van der Waals surface area contributed by atoms with Gasteiger partial charge in [-0.25, -0.2) is 9.97 Å². The molecule has 0 aromatic carbocycles. The van der Waals surface area contributed by atoms with Gasteiger partial charge in [0.2, 0.25) is 11.9 Å². The minimum Gasteiger partial charge on any atom is -0.481 e. The predicted octanol–water partition coefficient (Wildman–Crippen LogP) is 2.47. The number of aromatic nitrogens is 4. The number of hydrogen-bond donors (Lipinski definition) is 3. The van der Waals surface area contributed by atoms with E-state index in [1.807, 2.05) is 18.2 Å². The molecule has 5 rings (SSSR count). The first-order valence-electron chi connectivity index (χ1n) is 11.9. The van der Waals surface area contributed by atoms with Gasteiger partial charge in [0.25, 0.3) is 0 Å². The predicted molar refractivity (Wildman–Crippen MR) is 129 cm³/mol. The zero-order chi connectivity index (χ0) is 24.4. The number of carboxylic acid groups (broad SMARTS) is 1. The third-order valence-electron chi connectivity index (χ3n) is 7.08. The topological polar surface area (TPSA) is 148 Å². The molecule has 1 unspecified atom stereocenters. The molecule has 0 spiro atoms. The van der Waals surface area contributed by atoms with Crippen LogP contribution >= 0.6 is 0 Å². The lowest BCUT2D eigenvalue weighted by Crippen LogP contribution is -2.39. The van der Waals surface area contributed by atoms with Crippen molar-refractivity contribution in [1.82, 2.24) is 19.5 Å². The number of anilines is 3. The van der Waals surface area contributed by atoms with Crippen LogP contribution in [-0.4, -0.2) is 62.8 Å². The molecule has 1 atom stereocenters. The van der Waals surface area contributed by atoms with Crippen LogP contribution in [0.4, 0.5) is 17.5 Å². The van der Waals surface area contributed by atoms with Gasteiger partial charge in [-0.15, -0.1) is 0 Å². The van der Waals surface area contributed by atoms with Crippen molar-refractivity contribution in [3.63, 3.8) is 0 Å². The number of nitrogens with zero attached hydrogens (tertiary/aromatic N) is 5.